The second-order valence-corrected chi connectivity index (χ2v) is 8.02. The molecule has 1 aromatic rings. The maximum atomic E-state index is 5.69. The molecule has 6 heteroatoms. The Morgan fingerprint density at radius 1 is 1.35 bits per heavy atom. The molecule has 0 amide bonds. The molecule has 0 aromatic carbocycles. The van der Waals surface area contributed by atoms with Gasteiger partial charge >= 0.3 is 0 Å². The first kappa shape index (κ1) is 13.2. The molecule has 4 nitrogen and oxygen atoms in total. The van der Waals surface area contributed by atoms with E-state index in [1.807, 2.05) is 11.8 Å². The van der Waals surface area contributed by atoms with Crippen molar-refractivity contribution in [1.29, 1.82) is 0 Å². The van der Waals surface area contributed by atoms with Gasteiger partial charge in [0.1, 0.15) is 6.04 Å². The molecule has 1 N–H and O–H groups in total. The van der Waals surface area contributed by atoms with Gasteiger partial charge in [0, 0.05) is 11.2 Å². The number of nitrogens with zero attached hydrogens (tertiary/aromatic N) is 2. The highest BCUT2D eigenvalue weighted by Crippen LogP contribution is 2.50. The highest BCUT2D eigenvalue weighted by molar-refractivity contribution is 8.02. The van der Waals surface area contributed by atoms with Gasteiger partial charge in [-0.1, -0.05) is 0 Å². The Balaban J connectivity index is 2.21. The third kappa shape index (κ3) is 2.80. The SMILES string of the molecule is CC1(C)N[C@H](c2nnc(CCS)o2)C(C)(C)S1. The lowest BCUT2D eigenvalue weighted by molar-refractivity contribution is 0.339. The first-order chi connectivity index (χ1) is 7.84. The molecule has 1 aliphatic rings. The van der Waals surface area contributed by atoms with Gasteiger partial charge in [-0.25, -0.2) is 0 Å². The van der Waals surface area contributed by atoms with Crippen LogP contribution in [0, 0.1) is 0 Å². The van der Waals surface area contributed by atoms with Crippen LogP contribution in [0.4, 0.5) is 0 Å². The molecule has 0 saturated carbocycles. The van der Waals surface area contributed by atoms with Gasteiger partial charge in [0.05, 0.1) is 4.87 Å². The summed E-state index contributed by atoms with van der Waals surface area (Å²) >= 11 is 6.06. The second kappa shape index (κ2) is 4.48. The lowest BCUT2D eigenvalue weighted by Gasteiger charge is -2.22. The number of thiol groups is 1. The third-order valence-corrected chi connectivity index (χ3v) is 4.37. The summed E-state index contributed by atoms with van der Waals surface area (Å²) < 4.78 is 5.74. The minimum absolute atomic E-state index is 0.0341. The fraction of sp³-hybridized carbons (Fsp3) is 0.818. The van der Waals surface area contributed by atoms with E-state index in [9.17, 15) is 0 Å². The molecule has 0 radical (unpaired) electrons. The molecule has 17 heavy (non-hydrogen) atoms. The topological polar surface area (TPSA) is 51.0 Å². The van der Waals surface area contributed by atoms with Gasteiger partial charge in [-0.2, -0.15) is 12.6 Å². The van der Waals surface area contributed by atoms with Crippen molar-refractivity contribution in [3.63, 3.8) is 0 Å². The number of nitrogens with one attached hydrogen (secondary N) is 1. The van der Waals surface area contributed by atoms with E-state index in [1.165, 1.54) is 0 Å². The van der Waals surface area contributed by atoms with Crippen LogP contribution in [0.5, 0.6) is 0 Å². The lowest BCUT2D eigenvalue weighted by Crippen LogP contribution is -2.34. The molecule has 0 aliphatic carbocycles. The number of hydrogen-bond donors (Lipinski definition) is 2. The monoisotopic (exact) mass is 273 g/mol. The number of thioether (sulfide) groups is 1. The quantitative estimate of drug-likeness (QED) is 0.828. The molecule has 2 rings (SSSR count). The maximum Gasteiger partial charge on any atom is 0.234 e. The Bertz CT molecular complexity index is 403. The van der Waals surface area contributed by atoms with Crippen molar-refractivity contribution in [3.05, 3.63) is 11.8 Å². The van der Waals surface area contributed by atoms with Gasteiger partial charge < -0.3 is 4.42 Å². The lowest BCUT2D eigenvalue weighted by atomic mass is 10.0. The van der Waals surface area contributed by atoms with Gasteiger partial charge in [0.15, 0.2) is 0 Å². The van der Waals surface area contributed by atoms with Crippen molar-refractivity contribution in [2.24, 2.45) is 0 Å². The predicted molar refractivity (Wildman–Crippen MR) is 73.5 cm³/mol. The number of aryl methyl sites for hydroxylation is 1. The van der Waals surface area contributed by atoms with Crippen LogP contribution >= 0.6 is 24.4 Å². The average Bonchev–Trinajstić information content (AvgIpc) is 2.68. The summed E-state index contributed by atoms with van der Waals surface area (Å²) in [5, 5.41) is 11.7. The summed E-state index contributed by atoms with van der Waals surface area (Å²) in [5.41, 5.74) is 0. The largest absolute Gasteiger partial charge is 0.423 e. The second-order valence-electron chi connectivity index (χ2n) is 5.30. The van der Waals surface area contributed by atoms with Gasteiger partial charge in [-0.3, -0.25) is 5.32 Å². The van der Waals surface area contributed by atoms with E-state index >= 15 is 0 Å². The number of hydrogen-bond acceptors (Lipinski definition) is 6. The third-order valence-electron chi connectivity index (χ3n) is 2.76. The van der Waals surface area contributed by atoms with Crippen LogP contribution in [0.15, 0.2) is 4.42 Å². The Labute approximate surface area is 112 Å². The van der Waals surface area contributed by atoms with Gasteiger partial charge in [-0.05, 0) is 33.4 Å². The van der Waals surface area contributed by atoms with Crippen molar-refractivity contribution in [2.75, 3.05) is 5.75 Å². The van der Waals surface area contributed by atoms with Crippen LogP contribution in [0.2, 0.25) is 0 Å². The van der Waals surface area contributed by atoms with E-state index in [2.05, 4.69) is 55.8 Å². The van der Waals surface area contributed by atoms with Crippen molar-refractivity contribution in [3.8, 4) is 0 Å². The van der Waals surface area contributed by atoms with Gasteiger partial charge in [0.2, 0.25) is 11.8 Å². The summed E-state index contributed by atoms with van der Waals surface area (Å²) in [4.78, 5) is 0.0341. The first-order valence-corrected chi connectivity index (χ1v) is 7.20. The summed E-state index contributed by atoms with van der Waals surface area (Å²) in [6, 6.07) is 0.101. The zero-order valence-corrected chi connectivity index (χ0v) is 12.4. The molecule has 0 bridgehead atoms. The zero-order valence-electron chi connectivity index (χ0n) is 10.6. The Hall–Kier alpha value is -0.200. The molecule has 2 heterocycles. The van der Waals surface area contributed by atoms with Gasteiger partial charge in [0.25, 0.3) is 0 Å². The normalized spacial score (nSPS) is 26.3. The van der Waals surface area contributed by atoms with Crippen LogP contribution in [-0.2, 0) is 6.42 Å². The van der Waals surface area contributed by atoms with Crippen LogP contribution < -0.4 is 5.32 Å². The van der Waals surface area contributed by atoms with E-state index in [0.29, 0.717) is 11.8 Å². The Morgan fingerprint density at radius 3 is 2.59 bits per heavy atom. The minimum atomic E-state index is 0.0341. The van der Waals surface area contributed by atoms with Gasteiger partial charge in [-0.15, -0.1) is 22.0 Å². The molecule has 1 aliphatic heterocycles. The first-order valence-electron chi connectivity index (χ1n) is 5.75. The van der Waals surface area contributed by atoms with E-state index in [0.717, 1.165) is 12.2 Å². The van der Waals surface area contributed by atoms with E-state index in [4.69, 9.17) is 4.42 Å². The van der Waals surface area contributed by atoms with Crippen molar-refractivity contribution in [2.45, 2.75) is 49.8 Å². The van der Waals surface area contributed by atoms with Crippen molar-refractivity contribution in [1.82, 2.24) is 15.5 Å². The summed E-state index contributed by atoms with van der Waals surface area (Å²) in [5.74, 6) is 2.08. The molecular weight excluding hydrogens is 254 g/mol. The van der Waals surface area contributed by atoms with Crippen LogP contribution in [-0.4, -0.2) is 25.6 Å². The van der Waals surface area contributed by atoms with E-state index in [-0.39, 0.29) is 15.7 Å². The molecule has 1 saturated heterocycles. The molecule has 96 valence electrons. The zero-order chi connectivity index (χ0) is 12.7. The van der Waals surface area contributed by atoms with Crippen molar-refractivity contribution < 1.29 is 4.42 Å². The van der Waals surface area contributed by atoms with Crippen molar-refractivity contribution >= 4 is 24.4 Å². The summed E-state index contributed by atoms with van der Waals surface area (Å²) in [7, 11) is 0. The highest BCUT2D eigenvalue weighted by atomic mass is 32.2. The number of rotatable bonds is 3. The summed E-state index contributed by atoms with van der Waals surface area (Å²) in [6.07, 6.45) is 0.722. The van der Waals surface area contributed by atoms with Crippen LogP contribution in [0.1, 0.15) is 45.5 Å². The predicted octanol–water partition coefficient (Wildman–Crippen LogP) is 2.43. The summed E-state index contributed by atoms with van der Waals surface area (Å²) in [6.45, 7) is 8.74. The smallest absolute Gasteiger partial charge is 0.234 e. The average molecular weight is 273 g/mol. The molecule has 1 atom stereocenters. The number of aromatic nitrogens is 2. The fourth-order valence-electron chi connectivity index (χ4n) is 2.21. The van der Waals surface area contributed by atoms with E-state index in [1.54, 1.807) is 0 Å². The molecule has 1 aromatic heterocycles. The van der Waals surface area contributed by atoms with E-state index < -0.39 is 0 Å². The Morgan fingerprint density at radius 2 is 2.06 bits per heavy atom. The molecule has 0 unspecified atom stereocenters. The molecule has 0 spiro atoms. The molecular formula is C11H19N3OS2. The standard InChI is InChI=1S/C11H19N3OS2/c1-10(2)8(12-11(3,4)17-10)9-14-13-7(15-9)5-6-16/h8,12,16H,5-6H2,1-4H3/t8-/m1/s1. The Kier molecular flexibility index (Phi) is 3.49. The molecule has 1 fully saturated rings. The maximum absolute atomic E-state index is 5.69. The minimum Gasteiger partial charge on any atom is -0.423 e. The fourth-order valence-corrected chi connectivity index (χ4v) is 4.17. The van der Waals surface area contributed by atoms with Crippen LogP contribution in [0.3, 0.4) is 0 Å². The van der Waals surface area contributed by atoms with Crippen LogP contribution in [0.25, 0.3) is 0 Å². The highest BCUT2D eigenvalue weighted by Gasteiger charge is 2.48.